The SMILES string of the molecule is CC1N=NC2=CN=C(c3ccccc3Cl)c3cc(Cl)ccc3N21. The molecule has 2 aliphatic rings. The van der Waals surface area contributed by atoms with E-state index < -0.39 is 0 Å². The Hall–Kier alpha value is -2.17. The largest absolute Gasteiger partial charge is 0.299 e. The summed E-state index contributed by atoms with van der Waals surface area (Å²) in [5, 5.41) is 9.71. The van der Waals surface area contributed by atoms with Gasteiger partial charge in [0.1, 0.15) is 6.17 Å². The van der Waals surface area contributed by atoms with E-state index in [9.17, 15) is 0 Å². The molecule has 0 fully saturated rings. The third-order valence-corrected chi connectivity index (χ3v) is 4.42. The molecule has 0 bridgehead atoms. The van der Waals surface area contributed by atoms with E-state index in [-0.39, 0.29) is 6.17 Å². The van der Waals surface area contributed by atoms with Crippen LogP contribution >= 0.6 is 23.2 Å². The van der Waals surface area contributed by atoms with Crippen molar-refractivity contribution in [1.29, 1.82) is 0 Å². The van der Waals surface area contributed by atoms with Gasteiger partial charge in [-0.2, -0.15) is 5.11 Å². The Morgan fingerprint density at radius 3 is 2.70 bits per heavy atom. The molecule has 2 heterocycles. The lowest BCUT2D eigenvalue weighted by molar-refractivity contribution is 0.765. The van der Waals surface area contributed by atoms with Gasteiger partial charge >= 0.3 is 0 Å². The highest BCUT2D eigenvalue weighted by Crippen LogP contribution is 2.37. The van der Waals surface area contributed by atoms with E-state index in [1.165, 1.54) is 0 Å². The molecule has 2 aromatic carbocycles. The van der Waals surface area contributed by atoms with Crippen molar-refractivity contribution < 1.29 is 0 Å². The molecular formula is C17H12Cl2N4. The summed E-state index contributed by atoms with van der Waals surface area (Å²) in [6.45, 7) is 1.99. The van der Waals surface area contributed by atoms with Crippen LogP contribution in [0.2, 0.25) is 10.0 Å². The second-order valence-electron chi connectivity index (χ2n) is 5.32. The number of anilines is 1. The lowest BCUT2D eigenvalue weighted by Crippen LogP contribution is -2.26. The molecule has 0 aromatic heterocycles. The van der Waals surface area contributed by atoms with Crippen LogP contribution in [0.4, 0.5) is 5.69 Å². The molecule has 2 aromatic rings. The first kappa shape index (κ1) is 14.4. The molecule has 0 saturated heterocycles. The summed E-state index contributed by atoms with van der Waals surface area (Å²) in [5.74, 6) is 0.711. The van der Waals surface area contributed by atoms with Crippen LogP contribution in [0.25, 0.3) is 0 Å². The number of hydrogen-bond acceptors (Lipinski definition) is 4. The third kappa shape index (κ3) is 2.35. The Bertz CT molecular complexity index is 886. The highest BCUT2D eigenvalue weighted by atomic mass is 35.5. The minimum absolute atomic E-state index is 0.0815. The van der Waals surface area contributed by atoms with E-state index in [0.717, 1.165) is 22.5 Å². The number of hydrogen-bond donors (Lipinski definition) is 0. The summed E-state index contributed by atoms with van der Waals surface area (Å²) in [6.07, 6.45) is 1.64. The Morgan fingerprint density at radius 2 is 1.87 bits per heavy atom. The molecule has 1 unspecified atom stereocenters. The van der Waals surface area contributed by atoms with Crippen molar-refractivity contribution in [3.63, 3.8) is 0 Å². The number of halogens is 2. The van der Waals surface area contributed by atoms with Crippen molar-refractivity contribution in [2.24, 2.45) is 15.2 Å². The molecule has 6 heteroatoms. The number of aliphatic imine (C=N–C) groups is 1. The Kier molecular flexibility index (Phi) is 3.43. The topological polar surface area (TPSA) is 40.3 Å². The normalized spacial score (nSPS) is 18.9. The second-order valence-corrected chi connectivity index (χ2v) is 6.17. The van der Waals surface area contributed by atoms with Crippen LogP contribution < -0.4 is 4.90 Å². The van der Waals surface area contributed by atoms with Gasteiger partial charge in [0.05, 0.1) is 17.6 Å². The van der Waals surface area contributed by atoms with Gasteiger partial charge < -0.3 is 0 Å². The van der Waals surface area contributed by atoms with Gasteiger partial charge in [-0.05, 0) is 31.2 Å². The zero-order valence-electron chi connectivity index (χ0n) is 12.2. The minimum Gasteiger partial charge on any atom is -0.299 e. The molecule has 4 nitrogen and oxygen atoms in total. The highest BCUT2D eigenvalue weighted by molar-refractivity contribution is 6.36. The summed E-state index contributed by atoms with van der Waals surface area (Å²) < 4.78 is 0. The fourth-order valence-electron chi connectivity index (χ4n) is 2.81. The Morgan fingerprint density at radius 1 is 1.04 bits per heavy atom. The molecule has 114 valence electrons. The molecule has 2 aliphatic heterocycles. The van der Waals surface area contributed by atoms with Crippen molar-refractivity contribution in [2.45, 2.75) is 13.1 Å². The molecule has 0 amide bonds. The third-order valence-electron chi connectivity index (χ3n) is 3.86. The average molecular weight is 343 g/mol. The number of fused-ring (bicyclic) bond motifs is 3. The van der Waals surface area contributed by atoms with Crippen LogP contribution in [0.15, 0.2) is 69.7 Å². The summed E-state index contributed by atoms with van der Waals surface area (Å²) in [5.41, 5.74) is 3.52. The number of nitrogens with zero attached hydrogens (tertiary/aromatic N) is 4. The molecule has 23 heavy (non-hydrogen) atoms. The van der Waals surface area contributed by atoms with Gasteiger partial charge in [-0.1, -0.05) is 41.4 Å². The van der Waals surface area contributed by atoms with Gasteiger partial charge in [0.25, 0.3) is 0 Å². The maximum atomic E-state index is 6.38. The minimum atomic E-state index is -0.0815. The summed E-state index contributed by atoms with van der Waals surface area (Å²) in [7, 11) is 0. The van der Waals surface area contributed by atoms with E-state index in [1.807, 2.05) is 54.3 Å². The summed E-state index contributed by atoms with van der Waals surface area (Å²) in [4.78, 5) is 6.67. The first-order valence-electron chi connectivity index (χ1n) is 7.18. The van der Waals surface area contributed by atoms with Gasteiger partial charge in [0.2, 0.25) is 0 Å². The smallest absolute Gasteiger partial charge is 0.175 e. The Balaban J connectivity index is 1.99. The van der Waals surface area contributed by atoms with Crippen molar-refractivity contribution in [3.8, 4) is 0 Å². The lowest BCUT2D eigenvalue weighted by Gasteiger charge is -2.23. The van der Waals surface area contributed by atoms with Crippen molar-refractivity contribution >= 4 is 34.6 Å². The standard InChI is InChI=1S/C17H12Cl2N4/c1-10-21-22-16-9-20-17(12-4-2-3-5-14(12)19)13-8-11(18)6-7-15(13)23(10)16/h2-10H,1H3. The van der Waals surface area contributed by atoms with Crippen LogP contribution in [-0.2, 0) is 0 Å². The van der Waals surface area contributed by atoms with Crippen LogP contribution in [0, 0.1) is 0 Å². The molecule has 4 rings (SSSR count). The maximum Gasteiger partial charge on any atom is 0.175 e. The molecule has 0 saturated carbocycles. The first-order chi connectivity index (χ1) is 11.1. The summed E-state index contributed by atoms with van der Waals surface area (Å²) in [6, 6.07) is 13.4. The van der Waals surface area contributed by atoms with Gasteiger partial charge in [0.15, 0.2) is 5.82 Å². The van der Waals surface area contributed by atoms with Crippen LogP contribution in [0.3, 0.4) is 0 Å². The molecular weight excluding hydrogens is 331 g/mol. The predicted molar refractivity (Wildman–Crippen MR) is 93.4 cm³/mol. The van der Waals surface area contributed by atoms with Crippen LogP contribution in [0.5, 0.6) is 0 Å². The zero-order valence-corrected chi connectivity index (χ0v) is 13.8. The molecule has 0 N–H and O–H groups in total. The molecule has 0 aliphatic carbocycles. The van der Waals surface area contributed by atoms with Crippen molar-refractivity contribution in [1.82, 2.24) is 0 Å². The van der Waals surface area contributed by atoms with E-state index in [2.05, 4.69) is 15.2 Å². The van der Waals surface area contributed by atoms with Crippen molar-refractivity contribution in [3.05, 3.63) is 75.7 Å². The van der Waals surface area contributed by atoms with Gasteiger partial charge in [-0.3, -0.25) is 9.89 Å². The monoisotopic (exact) mass is 342 g/mol. The second kappa shape index (κ2) is 5.48. The van der Waals surface area contributed by atoms with Crippen LogP contribution in [0.1, 0.15) is 18.1 Å². The maximum absolute atomic E-state index is 6.38. The van der Waals surface area contributed by atoms with Crippen molar-refractivity contribution in [2.75, 3.05) is 4.90 Å². The lowest BCUT2D eigenvalue weighted by atomic mass is 10.00. The van der Waals surface area contributed by atoms with Gasteiger partial charge in [0, 0.05) is 21.2 Å². The van der Waals surface area contributed by atoms with Crippen LogP contribution in [-0.4, -0.2) is 11.9 Å². The molecule has 0 radical (unpaired) electrons. The molecule has 0 spiro atoms. The number of azo groups is 1. The van der Waals surface area contributed by atoms with Gasteiger partial charge in [-0.25, -0.2) is 0 Å². The first-order valence-corrected chi connectivity index (χ1v) is 7.93. The average Bonchev–Trinajstić information content (AvgIpc) is 2.82. The van der Waals surface area contributed by atoms with E-state index in [4.69, 9.17) is 23.2 Å². The quantitative estimate of drug-likeness (QED) is 0.696. The predicted octanol–water partition coefficient (Wildman–Crippen LogP) is 5.26. The number of rotatable bonds is 1. The van der Waals surface area contributed by atoms with E-state index in [1.54, 1.807) is 6.20 Å². The highest BCUT2D eigenvalue weighted by Gasteiger charge is 2.30. The molecule has 1 atom stereocenters. The summed E-state index contributed by atoms with van der Waals surface area (Å²) >= 11 is 12.6. The van der Waals surface area contributed by atoms with E-state index in [0.29, 0.717) is 15.9 Å². The fraction of sp³-hybridized carbons (Fsp3) is 0.118. The zero-order chi connectivity index (χ0) is 16.0. The van der Waals surface area contributed by atoms with Gasteiger partial charge in [-0.15, -0.1) is 5.11 Å². The Labute approximate surface area is 143 Å². The fourth-order valence-corrected chi connectivity index (χ4v) is 3.21. The van der Waals surface area contributed by atoms with E-state index >= 15 is 0 Å². The number of benzene rings is 2.